The molecule has 2 aromatic rings. The van der Waals surface area contributed by atoms with Gasteiger partial charge in [-0.2, -0.15) is 0 Å². The molecule has 0 amide bonds. The predicted octanol–water partition coefficient (Wildman–Crippen LogP) is 2.08. The summed E-state index contributed by atoms with van der Waals surface area (Å²) in [6, 6.07) is 9.70. The lowest BCUT2D eigenvalue weighted by Crippen LogP contribution is -2.21. The molecular weight excluding hydrogens is 278 g/mol. The van der Waals surface area contributed by atoms with Crippen LogP contribution in [0.25, 0.3) is 0 Å². The average molecular weight is 299 g/mol. The van der Waals surface area contributed by atoms with Crippen LogP contribution in [0.2, 0.25) is 0 Å². The molecule has 5 nitrogen and oxygen atoms in total. The Bertz CT molecular complexity index is 694. The average Bonchev–Trinajstić information content (AvgIpc) is 2.96. The van der Waals surface area contributed by atoms with Gasteiger partial charge in [0.25, 0.3) is 5.56 Å². The molecule has 1 N–H and O–H groups in total. The number of hydrogen-bond donors (Lipinski definition) is 1. The number of nitrogens with zero attached hydrogens (tertiary/aromatic N) is 2. The molecule has 22 heavy (non-hydrogen) atoms. The van der Waals surface area contributed by atoms with Crippen LogP contribution in [0.4, 0.5) is 0 Å². The molecule has 0 radical (unpaired) electrons. The van der Waals surface area contributed by atoms with Crippen LogP contribution >= 0.6 is 0 Å². The number of rotatable bonds is 4. The van der Waals surface area contributed by atoms with Crippen LogP contribution in [-0.4, -0.2) is 35.1 Å². The lowest BCUT2D eigenvalue weighted by atomic mass is 10.1. The standard InChI is InChI=1S/C17H21N3O2/c1-12-9-16(21)19-17(18-12)14-7-8-20(11-14)10-13-3-5-15(22-2)6-4-13/h3-6,9,14H,7-8,10-11H2,1-2H3,(H,18,19,21)/t14-/m0/s1. The first-order valence-electron chi connectivity index (χ1n) is 7.57. The van der Waals surface area contributed by atoms with Crippen molar-refractivity contribution in [2.45, 2.75) is 25.8 Å². The maximum absolute atomic E-state index is 11.6. The van der Waals surface area contributed by atoms with Gasteiger partial charge >= 0.3 is 0 Å². The summed E-state index contributed by atoms with van der Waals surface area (Å²) in [6.45, 7) is 4.73. The molecule has 1 saturated heterocycles. The minimum atomic E-state index is -0.0592. The molecule has 0 spiro atoms. The molecule has 1 atom stereocenters. The van der Waals surface area contributed by atoms with Gasteiger partial charge in [-0.1, -0.05) is 12.1 Å². The second-order valence-electron chi connectivity index (χ2n) is 5.84. The molecule has 0 aliphatic carbocycles. The molecule has 0 bridgehead atoms. The molecular formula is C17H21N3O2. The summed E-state index contributed by atoms with van der Waals surface area (Å²) in [4.78, 5) is 21.3. The first-order valence-corrected chi connectivity index (χ1v) is 7.57. The molecule has 1 aliphatic rings. The molecule has 3 rings (SSSR count). The minimum absolute atomic E-state index is 0.0592. The van der Waals surface area contributed by atoms with Crippen molar-refractivity contribution in [3.63, 3.8) is 0 Å². The van der Waals surface area contributed by atoms with Gasteiger partial charge in [-0.3, -0.25) is 9.69 Å². The lowest BCUT2D eigenvalue weighted by Gasteiger charge is -2.16. The minimum Gasteiger partial charge on any atom is -0.497 e. The van der Waals surface area contributed by atoms with Gasteiger partial charge in [0, 0.05) is 30.8 Å². The summed E-state index contributed by atoms with van der Waals surface area (Å²) in [5.41, 5.74) is 2.00. The Labute approximate surface area is 130 Å². The van der Waals surface area contributed by atoms with Crippen LogP contribution in [0.3, 0.4) is 0 Å². The molecule has 0 unspecified atom stereocenters. The summed E-state index contributed by atoms with van der Waals surface area (Å²) in [7, 11) is 1.68. The van der Waals surface area contributed by atoms with E-state index in [2.05, 4.69) is 27.0 Å². The van der Waals surface area contributed by atoms with Crippen LogP contribution in [0.1, 0.15) is 29.4 Å². The van der Waals surface area contributed by atoms with E-state index in [1.165, 1.54) is 11.6 Å². The molecule has 1 aromatic heterocycles. The smallest absolute Gasteiger partial charge is 0.251 e. The van der Waals surface area contributed by atoms with Gasteiger partial charge in [0.1, 0.15) is 11.6 Å². The van der Waals surface area contributed by atoms with Gasteiger partial charge in [0.15, 0.2) is 0 Å². The number of nitrogens with one attached hydrogen (secondary N) is 1. The normalized spacial score (nSPS) is 18.5. The van der Waals surface area contributed by atoms with Gasteiger partial charge in [-0.25, -0.2) is 4.98 Å². The third-order valence-electron chi connectivity index (χ3n) is 4.11. The maximum atomic E-state index is 11.6. The maximum Gasteiger partial charge on any atom is 0.251 e. The lowest BCUT2D eigenvalue weighted by molar-refractivity contribution is 0.325. The topological polar surface area (TPSA) is 58.2 Å². The van der Waals surface area contributed by atoms with Crippen LogP contribution in [0.15, 0.2) is 35.1 Å². The zero-order valence-electron chi connectivity index (χ0n) is 13.0. The summed E-state index contributed by atoms with van der Waals surface area (Å²) in [6.07, 6.45) is 1.03. The fraction of sp³-hybridized carbons (Fsp3) is 0.412. The first kappa shape index (κ1) is 14.8. The third-order valence-corrected chi connectivity index (χ3v) is 4.11. The van der Waals surface area contributed by atoms with Gasteiger partial charge in [-0.15, -0.1) is 0 Å². The Balaban J connectivity index is 1.65. The number of hydrogen-bond acceptors (Lipinski definition) is 4. The van der Waals surface area contributed by atoms with Crippen molar-refractivity contribution in [3.05, 3.63) is 57.8 Å². The number of ether oxygens (including phenoxy) is 1. The Hall–Kier alpha value is -2.14. The van der Waals surface area contributed by atoms with Crippen LogP contribution < -0.4 is 10.3 Å². The second-order valence-corrected chi connectivity index (χ2v) is 5.84. The van der Waals surface area contributed by atoms with Crippen molar-refractivity contribution in [1.29, 1.82) is 0 Å². The first-order chi connectivity index (χ1) is 10.6. The van der Waals surface area contributed by atoms with Crippen molar-refractivity contribution >= 4 is 0 Å². The van der Waals surface area contributed by atoms with Crippen molar-refractivity contribution < 1.29 is 4.74 Å². The van der Waals surface area contributed by atoms with Crippen LogP contribution in [0.5, 0.6) is 5.75 Å². The number of aromatic nitrogens is 2. The summed E-state index contributed by atoms with van der Waals surface area (Å²) >= 11 is 0. The van der Waals surface area contributed by atoms with Crippen molar-refractivity contribution in [1.82, 2.24) is 14.9 Å². The van der Waals surface area contributed by atoms with Gasteiger partial charge < -0.3 is 9.72 Å². The molecule has 5 heteroatoms. The SMILES string of the molecule is COc1ccc(CN2CC[C@H](c3nc(C)cc(=O)[nH]3)C2)cc1. The summed E-state index contributed by atoms with van der Waals surface area (Å²) in [5.74, 6) is 2.01. The molecule has 2 heterocycles. The van der Waals surface area contributed by atoms with Gasteiger partial charge in [-0.05, 0) is 37.6 Å². The highest BCUT2D eigenvalue weighted by molar-refractivity contribution is 5.27. The molecule has 1 aromatic carbocycles. The van der Waals surface area contributed by atoms with Crippen molar-refractivity contribution in [3.8, 4) is 5.75 Å². The molecule has 1 fully saturated rings. The van der Waals surface area contributed by atoms with E-state index in [0.29, 0.717) is 5.92 Å². The third kappa shape index (κ3) is 3.36. The van der Waals surface area contributed by atoms with Crippen molar-refractivity contribution in [2.75, 3.05) is 20.2 Å². The number of H-pyrrole nitrogens is 1. The Morgan fingerprint density at radius 2 is 2.14 bits per heavy atom. The zero-order chi connectivity index (χ0) is 15.5. The number of methoxy groups -OCH3 is 1. The number of likely N-dealkylation sites (tertiary alicyclic amines) is 1. The molecule has 0 saturated carbocycles. The Morgan fingerprint density at radius 1 is 1.36 bits per heavy atom. The summed E-state index contributed by atoms with van der Waals surface area (Å²) in [5, 5.41) is 0. The quantitative estimate of drug-likeness (QED) is 0.939. The van der Waals surface area contributed by atoms with E-state index < -0.39 is 0 Å². The fourth-order valence-electron chi connectivity index (χ4n) is 2.98. The molecule has 1 aliphatic heterocycles. The summed E-state index contributed by atoms with van der Waals surface area (Å²) < 4.78 is 5.18. The van der Waals surface area contributed by atoms with Crippen LogP contribution in [0, 0.1) is 6.92 Å². The predicted molar refractivity (Wildman–Crippen MR) is 85.2 cm³/mol. The van der Waals surface area contributed by atoms with Gasteiger partial charge in [0.05, 0.1) is 7.11 Å². The molecule has 116 valence electrons. The van der Waals surface area contributed by atoms with Crippen molar-refractivity contribution in [2.24, 2.45) is 0 Å². The van der Waals surface area contributed by atoms with E-state index in [1.807, 2.05) is 19.1 Å². The Kier molecular flexibility index (Phi) is 4.24. The fourth-order valence-corrected chi connectivity index (χ4v) is 2.98. The van der Waals surface area contributed by atoms with Crippen LogP contribution in [-0.2, 0) is 6.54 Å². The van der Waals surface area contributed by atoms with E-state index in [9.17, 15) is 4.79 Å². The highest BCUT2D eigenvalue weighted by Crippen LogP contribution is 2.25. The van der Waals surface area contributed by atoms with E-state index in [-0.39, 0.29) is 5.56 Å². The Morgan fingerprint density at radius 3 is 2.82 bits per heavy atom. The van der Waals surface area contributed by atoms with E-state index in [4.69, 9.17) is 4.74 Å². The van der Waals surface area contributed by atoms with E-state index >= 15 is 0 Å². The number of aryl methyl sites for hydroxylation is 1. The second kappa shape index (κ2) is 6.32. The number of aromatic amines is 1. The largest absolute Gasteiger partial charge is 0.497 e. The van der Waals surface area contributed by atoms with Gasteiger partial charge in [0.2, 0.25) is 0 Å². The van der Waals surface area contributed by atoms with E-state index in [0.717, 1.165) is 43.3 Å². The highest BCUT2D eigenvalue weighted by atomic mass is 16.5. The van der Waals surface area contributed by atoms with E-state index in [1.54, 1.807) is 7.11 Å². The highest BCUT2D eigenvalue weighted by Gasteiger charge is 2.25. The monoisotopic (exact) mass is 299 g/mol. The zero-order valence-corrected chi connectivity index (χ0v) is 13.0. The number of benzene rings is 1.